The van der Waals surface area contributed by atoms with Gasteiger partial charge in [-0.05, 0) is 67.4 Å². The number of carbonyl (C=O) groups excluding carboxylic acids is 2. The summed E-state index contributed by atoms with van der Waals surface area (Å²) < 4.78 is 12.2. The maximum Gasteiger partial charge on any atom is 0.294 e. The predicted molar refractivity (Wildman–Crippen MR) is 137 cm³/mol. The standard InChI is InChI=1S/C28H22BrNO5/c1-15-10-16(2)12-19(11-15)30-25(20-6-4-5-7-22(20)34-3)24(27(32)28(30)33)26(31)23-14-17-13-18(29)8-9-21(17)35-23/h4-14,25,32H,1-3H3. The number of halogens is 1. The van der Waals surface area contributed by atoms with E-state index in [1.54, 1.807) is 30.3 Å². The Morgan fingerprint density at radius 3 is 2.46 bits per heavy atom. The molecule has 4 aromatic rings. The molecular formula is C28H22BrNO5. The van der Waals surface area contributed by atoms with Gasteiger partial charge in [0.2, 0.25) is 5.78 Å². The molecule has 0 fully saturated rings. The maximum atomic E-state index is 13.8. The van der Waals surface area contributed by atoms with E-state index in [1.807, 2.05) is 50.2 Å². The number of nitrogens with zero attached hydrogens (tertiary/aromatic N) is 1. The van der Waals surface area contributed by atoms with Gasteiger partial charge in [-0.2, -0.15) is 0 Å². The first kappa shape index (κ1) is 22.9. The Morgan fingerprint density at radius 2 is 1.74 bits per heavy atom. The van der Waals surface area contributed by atoms with Crippen LogP contribution in [0.15, 0.2) is 87.0 Å². The minimum absolute atomic E-state index is 0.0367. The Labute approximate surface area is 210 Å². The van der Waals surface area contributed by atoms with Crippen molar-refractivity contribution in [2.75, 3.05) is 12.0 Å². The van der Waals surface area contributed by atoms with Crippen LogP contribution in [-0.2, 0) is 4.79 Å². The Bertz CT molecular complexity index is 1510. The predicted octanol–water partition coefficient (Wildman–Crippen LogP) is 6.60. The topological polar surface area (TPSA) is 80.0 Å². The first-order valence-electron chi connectivity index (χ1n) is 11.0. The molecule has 1 N–H and O–H groups in total. The fourth-order valence-corrected chi connectivity index (χ4v) is 5.02. The zero-order valence-corrected chi connectivity index (χ0v) is 20.9. The van der Waals surface area contributed by atoms with Crippen molar-refractivity contribution in [2.24, 2.45) is 0 Å². The van der Waals surface area contributed by atoms with Gasteiger partial charge in [-0.15, -0.1) is 0 Å². The number of hydrogen-bond donors (Lipinski definition) is 1. The minimum Gasteiger partial charge on any atom is -0.503 e. The lowest BCUT2D eigenvalue weighted by Crippen LogP contribution is -2.31. The van der Waals surface area contributed by atoms with Crippen LogP contribution in [-0.4, -0.2) is 23.9 Å². The van der Waals surface area contributed by atoms with Crippen LogP contribution in [0.1, 0.15) is 33.3 Å². The summed E-state index contributed by atoms with van der Waals surface area (Å²) in [4.78, 5) is 28.7. The van der Waals surface area contributed by atoms with E-state index in [4.69, 9.17) is 9.15 Å². The number of ketones is 1. The van der Waals surface area contributed by atoms with E-state index in [9.17, 15) is 14.7 Å². The van der Waals surface area contributed by atoms with E-state index < -0.39 is 23.5 Å². The van der Waals surface area contributed by atoms with Gasteiger partial charge in [0.05, 0.1) is 18.7 Å². The molecule has 0 bridgehead atoms. The second kappa shape index (κ2) is 8.74. The summed E-state index contributed by atoms with van der Waals surface area (Å²) in [5.41, 5.74) is 3.53. The number of carbonyl (C=O) groups is 2. The Hall–Kier alpha value is -3.84. The number of rotatable bonds is 5. The van der Waals surface area contributed by atoms with E-state index in [0.29, 0.717) is 22.6 Å². The number of aliphatic hydroxyl groups excluding tert-OH is 1. The summed E-state index contributed by atoms with van der Waals surface area (Å²) >= 11 is 3.42. The summed E-state index contributed by atoms with van der Waals surface area (Å²) in [7, 11) is 1.53. The fraction of sp³-hybridized carbons (Fsp3) is 0.143. The van der Waals surface area contributed by atoms with Crippen molar-refractivity contribution in [1.29, 1.82) is 0 Å². The van der Waals surface area contributed by atoms with Crippen molar-refractivity contribution >= 4 is 44.3 Å². The molecule has 1 unspecified atom stereocenters. The zero-order valence-electron chi connectivity index (χ0n) is 19.3. The molecule has 0 saturated carbocycles. The van der Waals surface area contributed by atoms with Gasteiger partial charge in [-0.25, -0.2) is 0 Å². The van der Waals surface area contributed by atoms with Gasteiger partial charge in [0.25, 0.3) is 5.91 Å². The molecule has 35 heavy (non-hydrogen) atoms. The SMILES string of the molecule is COc1ccccc1C1C(C(=O)c2cc3cc(Br)ccc3o2)=C(O)C(=O)N1c1cc(C)cc(C)c1. The summed E-state index contributed by atoms with van der Waals surface area (Å²) in [5.74, 6) is -1.30. The first-order valence-corrected chi connectivity index (χ1v) is 11.8. The van der Waals surface area contributed by atoms with E-state index in [2.05, 4.69) is 15.9 Å². The number of Topliss-reactive ketones (excluding diaryl/α,β-unsaturated/α-hetero) is 1. The van der Waals surface area contributed by atoms with Gasteiger partial charge >= 0.3 is 0 Å². The van der Waals surface area contributed by atoms with Gasteiger partial charge in [0, 0.05) is 21.1 Å². The van der Waals surface area contributed by atoms with Crippen molar-refractivity contribution in [2.45, 2.75) is 19.9 Å². The number of hydrogen-bond acceptors (Lipinski definition) is 5. The van der Waals surface area contributed by atoms with Crippen molar-refractivity contribution in [3.63, 3.8) is 0 Å². The number of aryl methyl sites for hydroxylation is 2. The summed E-state index contributed by atoms with van der Waals surface area (Å²) in [6.45, 7) is 3.86. The molecule has 176 valence electrons. The molecule has 5 rings (SSSR count). The molecule has 0 aliphatic carbocycles. The number of amides is 1. The van der Waals surface area contributed by atoms with Gasteiger partial charge < -0.3 is 14.3 Å². The normalized spacial score (nSPS) is 15.8. The highest BCUT2D eigenvalue weighted by Gasteiger charge is 2.46. The monoisotopic (exact) mass is 531 g/mol. The van der Waals surface area contributed by atoms with Gasteiger partial charge in [0.1, 0.15) is 11.3 Å². The summed E-state index contributed by atoms with van der Waals surface area (Å²) in [6, 6.07) is 19.0. The van der Waals surface area contributed by atoms with Crippen LogP contribution in [0.5, 0.6) is 5.75 Å². The Balaban J connectivity index is 1.71. The second-order valence-electron chi connectivity index (χ2n) is 8.55. The molecule has 1 aliphatic rings. The van der Waals surface area contributed by atoms with E-state index in [0.717, 1.165) is 21.0 Å². The number of para-hydroxylation sites is 1. The van der Waals surface area contributed by atoms with Crippen molar-refractivity contribution < 1.29 is 23.8 Å². The van der Waals surface area contributed by atoms with Gasteiger partial charge in [0.15, 0.2) is 11.5 Å². The average molecular weight is 532 g/mol. The lowest BCUT2D eigenvalue weighted by atomic mass is 9.93. The van der Waals surface area contributed by atoms with Gasteiger partial charge in [-0.3, -0.25) is 14.5 Å². The first-order chi connectivity index (χ1) is 16.8. The fourth-order valence-electron chi connectivity index (χ4n) is 4.64. The molecule has 0 saturated heterocycles. The molecule has 1 aromatic heterocycles. The van der Waals surface area contributed by atoms with Crippen LogP contribution in [0.3, 0.4) is 0 Å². The minimum atomic E-state index is -0.910. The number of methoxy groups -OCH3 is 1. The van der Waals surface area contributed by atoms with Crippen LogP contribution in [0, 0.1) is 13.8 Å². The highest BCUT2D eigenvalue weighted by molar-refractivity contribution is 9.10. The van der Waals surface area contributed by atoms with Crippen molar-refractivity contribution in [3.8, 4) is 5.75 Å². The zero-order chi connectivity index (χ0) is 24.9. The van der Waals surface area contributed by atoms with Gasteiger partial charge in [-0.1, -0.05) is 40.2 Å². The molecule has 7 heteroatoms. The number of ether oxygens (including phenoxy) is 1. The number of benzene rings is 3. The van der Waals surface area contributed by atoms with Crippen molar-refractivity contribution in [3.05, 3.63) is 105 Å². The molecule has 1 aliphatic heterocycles. The molecule has 6 nitrogen and oxygen atoms in total. The Morgan fingerprint density at radius 1 is 1.03 bits per heavy atom. The van der Waals surface area contributed by atoms with E-state index in [1.165, 1.54) is 12.0 Å². The number of fused-ring (bicyclic) bond motifs is 1. The number of aliphatic hydroxyl groups is 1. The molecule has 3 aromatic carbocycles. The third kappa shape index (κ3) is 3.91. The van der Waals surface area contributed by atoms with Crippen LogP contribution in [0.2, 0.25) is 0 Å². The van der Waals surface area contributed by atoms with Crippen molar-refractivity contribution in [1.82, 2.24) is 0 Å². The highest BCUT2D eigenvalue weighted by atomic mass is 79.9. The smallest absolute Gasteiger partial charge is 0.294 e. The molecule has 2 heterocycles. The maximum absolute atomic E-state index is 13.8. The molecule has 0 radical (unpaired) electrons. The van der Waals surface area contributed by atoms with E-state index >= 15 is 0 Å². The third-order valence-corrected chi connectivity index (χ3v) is 6.57. The molecule has 1 amide bonds. The van der Waals surface area contributed by atoms with E-state index in [-0.39, 0.29) is 11.3 Å². The number of anilines is 1. The van der Waals surface area contributed by atoms with Crippen LogP contribution < -0.4 is 9.64 Å². The lowest BCUT2D eigenvalue weighted by molar-refractivity contribution is -0.117. The molecule has 1 atom stereocenters. The Kier molecular flexibility index (Phi) is 5.73. The molecule has 0 spiro atoms. The van der Waals surface area contributed by atoms with Crippen LogP contribution in [0.4, 0.5) is 5.69 Å². The van der Waals surface area contributed by atoms with Crippen LogP contribution in [0.25, 0.3) is 11.0 Å². The quantitative estimate of drug-likeness (QED) is 0.293. The summed E-state index contributed by atoms with van der Waals surface area (Å²) in [5, 5.41) is 11.8. The van der Waals surface area contributed by atoms with Crippen LogP contribution >= 0.6 is 15.9 Å². The largest absolute Gasteiger partial charge is 0.503 e. The molecular weight excluding hydrogens is 510 g/mol. The second-order valence-corrected chi connectivity index (χ2v) is 9.47. The third-order valence-electron chi connectivity index (χ3n) is 6.07. The average Bonchev–Trinajstić information content (AvgIpc) is 3.36. The highest BCUT2D eigenvalue weighted by Crippen LogP contribution is 2.45. The lowest BCUT2D eigenvalue weighted by Gasteiger charge is -2.28. The summed E-state index contributed by atoms with van der Waals surface area (Å²) in [6.07, 6.45) is 0. The number of furan rings is 1.